The molecule has 2 amide bonds. The van der Waals surface area contributed by atoms with E-state index in [1.807, 2.05) is 0 Å². The Morgan fingerprint density at radius 2 is 1.69 bits per heavy atom. The highest BCUT2D eigenvalue weighted by Crippen LogP contribution is 2.22. The van der Waals surface area contributed by atoms with Gasteiger partial charge in [-0.1, -0.05) is 12.1 Å². The topological polar surface area (TPSA) is 89.9 Å². The minimum absolute atomic E-state index is 0.261. The van der Waals surface area contributed by atoms with E-state index in [9.17, 15) is 13.6 Å². The quantitative estimate of drug-likeness (QED) is 0.444. The highest BCUT2D eigenvalue weighted by Gasteiger charge is 2.11. The number of carbonyl (C=O) groups is 1. The lowest BCUT2D eigenvalue weighted by Crippen LogP contribution is -2.31. The van der Waals surface area contributed by atoms with Gasteiger partial charge >= 0.3 is 6.03 Å². The minimum Gasteiger partial charge on any atom is -0.354 e. The van der Waals surface area contributed by atoms with Gasteiger partial charge in [0.25, 0.3) is 0 Å². The number of hydrogen-bond donors (Lipinski definition) is 4. The number of hydrogen-bond acceptors (Lipinski definition) is 4. The third-order valence-electron chi connectivity index (χ3n) is 4.17. The standard InChI is InChI=1S/C21H19F2N5O/c1-13(14-2-4-16(22)5-3-14)26-21(29)28-20-10-15(11-24)19(12-25-20)27-18-8-6-17(23)7-9-18/h2-13,24,27H,1H3,(H2,25,26,28,29). The molecule has 2 aromatic carbocycles. The molecule has 29 heavy (non-hydrogen) atoms. The smallest absolute Gasteiger partial charge is 0.320 e. The summed E-state index contributed by atoms with van der Waals surface area (Å²) in [5.74, 6) is -0.429. The molecule has 0 fully saturated rings. The summed E-state index contributed by atoms with van der Waals surface area (Å²) in [7, 11) is 0. The monoisotopic (exact) mass is 395 g/mol. The molecule has 0 radical (unpaired) electrons. The van der Waals surface area contributed by atoms with Crippen molar-refractivity contribution in [2.45, 2.75) is 13.0 Å². The average molecular weight is 395 g/mol. The molecule has 0 saturated carbocycles. The molecule has 1 aromatic heterocycles. The Bertz CT molecular complexity index is 1010. The van der Waals surface area contributed by atoms with Gasteiger partial charge in [0.15, 0.2) is 0 Å². The van der Waals surface area contributed by atoms with Gasteiger partial charge in [-0.3, -0.25) is 5.32 Å². The van der Waals surface area contributed by atoms with Crippen LogP contribution in [0.3, 0.4) is 0 Å². The van der Waals surface area contributed by atoms with E-state index in [-0.39, 0.29) is 23.5 Å². The van der Waals surface area contributed by atoms with Crippen molar-refractivity contribution in [1.29, 1.82) is 5.41 Å². The molecule has 4 N–H and O–H groups in total. The van der Waals surface area contributed by atoms with E-state index in [2.05, 4.69) is 20.9 Å². The molecule has 3 rings (SSSR count). The van der Waals surface area contributed by atoms with E-state index in [1.165, 1.54) is 30.5 Å². The van der Waals surface area contributed by atoms with E-state index in [0.29, 0.717) is 16.9 Å². The van der Waals surface area contributed by atoms with Gasteiger partial charge in [-0.15, -0.1) is 0 Å². The summed E-state index contributed by atoms with van der Waals surface area (Å²) in [6.07, 6.45) is 2.60. The van der Waals surface area contributed by atoms with E-state index >= 15 is 0 Å². The zero-order valence-corrected chi connectivity index (χ0v) is 15.5. The van der Waals surface area contributed by atoms with Gasteiger partial charge in [-0.25, -0.2) is 18.6 Å². The Morgan fingerprint density at radius 3 is 2.31 bits per heavy atom. The number of carbonyl (C=O) groups excluding carboxylic acids is 1. The minimum atomic E-state index is -0.482. The first-order chi connectivity index (χ1) is 13.9. The number of rotatable bonds is 6. The van der Waals surface area contributed by atoms with Crippen LogP contribution in [0.4, 0.5) is 30.8 Å². The van der Waals surface area contributed by atoms with Crippen LogP contribution in [0.1, 0.15) is 24.1 Å². The largest absolute Gasteiger partial charge is 0.354 e. The van der Waals surface area contributed by atoms with Crippen LogP contribution in [-0.4, -0.2) is 17.2 Å². The van der Waals surface area contributed by atoms with E-state index < -0.39 is 6.03 Å². The first-order valence-electron chi connectivity index (χ1n) is 8.80. The molecular weight excluding hydrogens is 376 g/mol. The molecule has 0 saturated heterocycles. The highest BCUT2D eigenvalue weighted by molar-refractivity contribution is 5.92. The predicted octanol–water partition coefficient (Wildman–Crippen LogP) is 4.98. The summed E-state index contributed by atoms with van der Waals surface area (Å²) in [6.45, 7) is 1.78. The number of nitrogens with zero attached hydrogens (tertiary/aromatic N) is 1. The Kier molecular flexibility index (Phi) is 6.13. The zero-order valence-electron chi connectivity index (χ0n) is 15.5. The molecule has 6 nitrogen and oxygen atoms in total. The molecule has 0 bridgehead atoms. The summed E-state index contributed by atoms with van der Waals surface area (Å²) < 4.78 is 26.0. The number of urea groups is 1. The molecule has 1 unspecified atom stereocenters. The summed E-state index contributed by atoms with van der Waals surface area (Å²) in [5, 5.41) is 16.0. The lowest BCUT2D eigenvalue weighted by molar-refractivity contribution is 0.249. The normalized spacial score (nSPS) is 11.4. The van der Waals surface area contributed by atoms with Gasteiger partial charge in [0, 0.05) is 17.5 Å². The van der Waals surface area contributed by atoms with Crippen LogP contribution in [0.2, 0.25) is 0 Å². The number of aromatic nitrogens is 1. The highest BCUT2D eigenvalue weighted by atomic mass is 19.1. The van der Waals surface area contributed by atoms with Crippen LogP contribution in [-0.2, 0) is 0 Å². The molecule has 8 heteroatoms. The molecular formula is C21H19F2N5O. The molecule has 0 aliphatic heterocycles. The number of nitrogens with one attached hydrogen (secondary N) is 4. The third kappa shape index (κ3) is 5.35. The second kappa shape index (κ2) is 8.92. The Morgan fingerprint density at radius 1 is 1.07 bits per heavy atom. The molecule has 0 aliphatic carbocycles. The number of anilines is 3. The zero-order chi connectivity index (χ0) is 20.8. The fourth-order valence-electron chi connectivity index (χ4n) is 2.64. The van der Waals surface area contributed by atoms with Crippen molar-refractivity contribution >= 4 is 29.4 Å². The van der Waals surface area contributed by atoms with Crippen molar-refractivity contribution in [3.63, 3.8) is 0 Å². The SMILES string of the molecule is CC(NC(=O)Nc1cc(C=N)c(Nc2ccc(F)cc2)cn1)c1ccc(F)cc1. The lowest BCUT2D eigenvalue weighted by Gasteiger charge is -2.15. The van der Waals surface area contributed by atoms with Gasteiger partial charge in [0.1, 0.15) is 17.5 Å². The summed E-state index contributed by atoms with van der Waals surface area (Å²) in [5.41, 5.74) is 2.43. The van der Waals surface area contributed by atoms with E-state index in [0.717, 1.165) is 11.8 Å². The summed E-state index contributed by atoms with van der Waals surface area (Å²) >= 11 is 0. The van der Waals surface area contributed by atoms with Gasteiger partial charge in [0.05, 0.1) is 17.9 Å². The number of benzene rings is 2. The maximum absolute atomic E-state index is 13.0. The Balaban J connectivity index is 1.66. The van der Waals surface area contributed by atoms with Gasteiger partial charge in [-0.05, 0) is 55.0 Å². The molecule has 0 aliphatic rings. The summed E-state index contributed by atoms with van der Waals surface area (Å²) in [6, 6.07) is 12.4. The van der Waals surface area contributed by atoms with Crippen molar-refractivity contribution in [2.24, 2.45) is 0 Å². The van der Waals surface area contributed by atoms with Gasteiger partial charge < -0.3 is 16.0 Å². The van der Waals surface area contributed by atoms with E-state index in [4.69, 9.17) is 5.41 Å². The lowest BCUT2D eigenvalue weighted by atomic mass is 10.1. The van der Waals surface area contributed by atoms with Crippen molar-refractivity contribution < 1.29 is 13.6 Å². The molecule has 3 aromatic rings. The number of pyridine rings is 1. The third-order valence-corrected chi connectivity index (χ3v) is 4.17. The van der Waals surface area contributed by atoms with Crippen LogP contribution < -0.4 is 16.0 Å². The first kappa shape index (κ1) is 19.9. The van der Waals surface area contributed by atoms with Crippen LogP contribution >= 0.6 is 0 Å². The van der Waals surface area contributed by atoms with Crippen molar-refractivity contribution in [1.82, 2.24) is 10.3 Å². The van der Waals surface area contributed by atoms with Crippen LogP contribution in [0.15, 0.2) is 60.8 Å². The Hall–Kier alpha value is -3.81. The molecule has 1 heterocycles. The van der Waals surface area contributed by atoms with Crippen LogP contribution in [0, 0.1) is 17.0 Å². The summed E-state index contributed by atoms with van der Waals surface area (Å²) in [4.78, 5) is 16.4. The molecule has 1 atom stereocenters. The fraction of sp³-hybridized carbons (Fsp3) is 0.0952. The van der Waals surface area contributed by atoms with Gasteiger partial charge in [-0.2, -0.15) is 0 Å². The van der Waals surface area contributed by atoms with Crippen LogP contribution in [0.25, 0.3) is 0 Å². The van der Waals surface area contributed by atoms with Crippen LogP contribution in [0.5, 0.6) is 0 Å². The second-order valence-corrected chi connectivity index (χ2v) is 6.30. The van der Waals surface area contributed by atoms with Crippen molar-refractivity contribution in [2.75, 3.05) is 10.6 Å². The Labute approximate surface area is 166 Å². The number of amides is 2. The number of halogens is 2. The van der Waals surface area contributed by atoms with Gasteiger partial charge in [0.2, 0.25) is 0 Å². The van der Waals surface area contributed by atoms with Crippen molar-refractivity contribution in [3.8, 4) is 0 Å². The van der Waals surface area contributed by atoms with E-state index in [1.54, 1.807) is 37.3 Å². The molecule has 148 valence electrons. The second-order valence-electron chi connectivity index (χ2n) is 6.30. The first-order valence-corrected chi connectivity index (χ1v) is 8.80. The molecule has 0 spiro atoms. The average Bonchev–Trinajstić information content (AvgIpc) is 2.71. The maximum Gasteiger partial charge on any atom is 0.320 e. The fourth-order valence-corrected chi connectivity index (χ4v) is 2.64. The maximum atomic E-state index is 13.0. The van der Waals surface area contributed by atoms with Crippen molar-refractivity contribution in [3.05, 3.63) is 83.6 Å². The predicted molar refractivity (Wildman–Crippen MR) is 109 cm³/mol.